The molecule has 2 N–H and O–H groups in total. The standard InChI is InChI=1S/C19H20ClFN6O/c1-9(2)27-15-4-10(16-13(20)6-23-18(22)24-16)3-14(21)17(15)25-19(27)26-7-12-5-11(26)8-28-12/h3-4,6,9,11-12H,5,7-8H2,1-2H3,(H2,22,23,24)/t11-,12?/m0/s1. The number of halogens is 2. The Kier molecular flexibility index (Phi) is 3.96. The quantitative estimate of drug-likeness (QED) is 0.722. The van der Waals surface area contributed by atoms with Crippen LogP contribution in [0, 0.1) is 5.82 Å². The van der Waals surface area contributed by atoms with Crippen LogP contribution in [0.2, 0.25) is 5.02 Å². The largest absolute Gasteiger partial charge is 0.374 e. The molecule has 0 radical (unpaired) electrons. The average Bonchev–Trinajstić information content (AvgIpc) is 3.36. The van der Waals surface area contributed by atoms with Crippen molar-refractivity contribution in [1.82, 2.24) is 19.5 Å². The number of anilines is 2. The molecule has 2 atom stereocenters. The van der Waals surface area contributed by atoms with Gasteiger partial charge in [-0.1, -0.05) is 11.6 Å². The van der Waals surface area contributed by atoms with Crippen LogP contribution in [0.1, 0.15) is 26.3 Å². The molecule has 0 aliphatic carbocycles. The third-order valence-corrected chi connectivity index (χ3v) is 5.72. The third-order valence-electron chi connectivity index (χ3n) is 5.44. The fraction of sp³-hybridized carbons (Fsp3) is 0.421. The highest BCUT2D eigenvalue weighted by Gasteiger charge is 2.41. The number of nitrogens with two attached hydrogens (primary N) is 1. The molecule has 9 heteroatoms. The molecule has 2 aromatic heterocycles. The summed E-state index contributed by atoms with van der Waals surface area (Å²) in [6, 6.07) is 3.66. The molecule has 2 fully saturated rings. The van der Waals surface area contributed by atoms with E-state index in [9.17, 15) is 0 Å². The summed E-state index contributed by atoms with van der Waals surface area (Å²) in [4.78, 5) is 15.0. The van der Waals surface area contributed by atoms with Gasteiger partial charge in [-0.25, -0.2) is 19.3 Å². The van der Waals surface area contributed by atoms with Crippen molar-refractivity contribution in [3.05, 3.63) is 29.2 Å². The third kappa shape index (κ3) is 2.62. The molecule has 2 bridgehead atoms. The molecule has 2 aliphatic heterocycles. The van der Waals surface area contributed by atoms with E-state index in [1.165, 1.54) is 12.3 Å². The summed E-state index contributed by atoms with van der Waals surface area (Å²) in [6.45, 7) is 5.60. The molecular weight excluding hydrogens is 383 g/mol. The molecule has 7 nitrogen and oxygen atoms in total. The molecular formula is C19H20ClFN6O. The van der Waals surface area contributed by atoms with Gasteiger partial charge < -0.3 is 19.9 Å². The van der Waals surface area contributed by atoms with E-state index in [1.807, 2.05) is 6.07 Å². The Morgan fingerprint density at radius 2 is 2.14 bits per heavy atom. The van der Waals surface area contributed by atoms with E-state index >= 15 is 4.39 Å². The number of nitrogen functional groups attached to an aromatic ring is 1. The van der Waals surface area contributed by atoms with Crippen LogP contribution in [0.3, 0.4) is 0 Å². The SMILES string of the molecule is CC(C)n1c(N2CC3C[C@H]2CO3)nc2c(F)cc(-c3nc(N)ncc3Cl)cc21. The van der Waals surface area contributed by atoms with E-state index < -0.39 is 5.82 Å². The van der Waals surface area contributed by atoms with Gasteiger partial charge in [0, 0.05) is 18.2 Å². The minimum Gasteiger partial charge on any atom is -0.374 e. The minimum absolute atomic E-state index is 0.0889. The Balaban J connectivity index is 1.71. The molecule has 0 amide bonds. The average molecular weight is 403 g/mol. The van der Waals surface area contributed by atoms with Crippen LogP contribution in [0.25, 0.3) is 22.3 Å². The van der Waals surface area contributed by atoms with Gasteiger partial charge in [-0.2, -0.15) is 0 Å². The van der Waals surface area contributed by atoms with Crippen molar-refractivity contribution in [2.24, 2.45) is 0 Å². The van der Waals surface area contributed by atoms with Crippen LogP contribution in [-0.4, -0.2) is 44.8 Å². The maximum Gasteiger partial charge on any atom is 0.220 e. The molecule has 0 spiro atoms. The number of aromatic nitrogens is 4. The fourth-order valence-electron chi connectivity index (χ4n) is 4.22. The first-order valence-corrected chi connectivity index (χ1v) is 9.68. The lowest BCUT2D eigenvalue weighted by Gasteiger charge is -2.29. The highest BCUT2D eigenvalue weighted by molar-refractivity contribution is 6.33. The minimum atomic E-state index is -0.415. The number of ether oxygens (including phenoxy) is 1. The summed E-state index contributed by atoms with van der Waals surface area (Å²) < 4.78 is 22.8. The van der Waals surface area contributed by atoms with Gasteiger partial charge in [0.15, 0.2) is 5.82 Å². The molecule has 146 valence electrons. The lowest BCUT2D eigenvalue weighted by atomic mass is 10.1. The fourth-order valence-corrected chi connectivity index (χ4v) is 4.42. The maximum absolute atomic E-state index is 15.1. The van der Waals surface area contributed by atoms with Crippen molar-refractivity contribution in [3.63, 3.8) is 0 Å². The monoisotopic (exact) mass is 402 g/mol. The summed E-state index contributed by atoms with van der Waals surface area (Å²) in [7, 11) is 0. The Bertz CT molecular complexity index is 1080. The Morgan fingerprint density at radius 3 is 2.82 bits per heavy atom. The predicted octanol–water partition coefficient (Wildman–Crippen LogP) is 3.43. The molecule has 0 saturated carbocycles. The van der Waals surface area contributed by atoms with Gasteiger partial charge in [-0.3, -0.25) is 0 Å². The second kappa shape index (κ2) is 6.28. The summed E-state index contributed by atoms with van der Waals surface area (Å²) >= 11 is 6.24. The number of hydrogen-bond donors (Lipinski definition) is 1. The molecule has 2 aliphatic rings. The van der Waals surface area contributed by atoms with Gasteiger partial charge in [0.25, 0.3) is 0 Å². The topological polar surface area (TPSA) is 82.1 Å². The van der Waals surface area contributed by atoms with E-state index in [1.54, 1.807) is 0 Å². The zero-order valence-electron chi connectivity index (χ0n) is 15.6. The molecule has 1 aromatic carbocycles. The van der Waals surface area contributed by atoms with Crippen molar-refractivity contribution in [2.75, 3.05) is 23.8 Å². The first-order chi connectivity index (χ1) is 13.4. The lowest BCUT2D eigenvalue weighted by molar-refractivity contribution is 0.0983. The van der Waals surface area contributed by atoms with Crippen LogP contribution < -0.4 is 10.6 Å². The van der Waals surface area contributed by atoms with E-state index in [-0.39, 0.29) is 24.1 Å². The molecule has 28 heavy (non-hydrogen) atoms. The highest BCUT2D eigenvalue weighted by atomic mass is 35.5. The maximum atomic E-state index is 15.1. The molecule has 1 unspecified atom stereocenters. The first kappa shape index (κ1) is 17.6. The van der Waals surface area contributed by atoms with Crippen LogP contribution >= 0.6 is 11.6 Å². The van der Waals surface area contributed by atoms with Crippen molar-refractivity contribution >= 4 is 34.5 Å². The Hall–Kier alpha value is -2.45. The Labute approximate surface area is 166 Å². The first-order valence-electron chi connectivity index (χ1n) is 9.30. The van der Waals surface area contributed by atoms with Crippen LogP contribution in [0.5, 0.6) is 0 Å². The molecule has 3 aromatic rings. The summed E-state index contributed by atoms with van der Waals surface area (Å²) in [5.74, 6) is 0.457. The second-order valence-corrected chi connectivity index (χ2v) is 8.03. The summed E-state index contributed by atoms with van der Waals surface area (Å²) in [6.07, 6.45) is 2.65. The smallest absolute Gasteiger partial charge is 0.220 e. The van der Waals surface area contributed by atoms with E-state index in [0.29, 0.717) is 33.9 Å². The van der Waals surface area contributed by atoms with E-state index in [0.717, 1.165) is 18.9 Å². The lowest BCUT2D eigenvalue weighted by Crippen LogP contribution is -2.38. The Morgan fingerprint density at radius 1 is 1.32 bits per heavy atom. The van der Waals surface area contributed by atoms with Crippen molar-refractivity contribution in [2.45, 2.75) is 38.5 Å². The summed E-state index contributed by atoms with van der Waals surface area (Å²) in [5, 5.41) is 0.317. The van der Waals surface area contributed by atoms with Gasteiger partial charge in [-0.05, 0) is 32.4 Å². The van der Waals surface area contributed by atoms with Gasteiger partial charge in [0.2, 0.25) is 11.9 Å². The van der Waals surface area contributed by atoms with Crippen molar-refractivity contribution in [3.8, 4) is 11.3 Å². The highest BCUT2D eigenvalue weighted by Crippen LogP contribution is 2.38. The zero-order chi connectivity index (χ0) is 19.6. The normalized spacial score (nSPS) is 21.4. The van der Waals surface area contributed by atoms with Crippen LogP contribution in [0.4, 0.5) is 16.3 Å². The van der Waals surface area contributed by atoms with Gasteiger partial charge in [0.1, 0.15) is 5.52 Å². The molecule has 5 rings (SSSR count). The number of nitrogens with zero attached hydrogens (tertiary/aromatic N) is 5. The summed E-state index contributed by atoms with van der Waals surface area (Å²) in [5.41, 5.74) is 7.70. The van der Waals surface area contributed by atoms with E-state index in [2.05, 4.69) is 38.3 Å². The van der Waals surface area contributed by atoms with E-state index in [4.69, 9.17) is 22.1 Å². The predicted molar refractivity (Wildman–Crippen MR) is 106 cm³/mol. The number of imidazole rings is 1. The second-order valence-electron chi connectivity index (χ2n) is 7.62. The number of fused-ring (bicyclic) bond motifs is 3. The van der Waals surface area contributed by atoms with Crippen molar-refractivity contribution in [1.29, 1.82) is 0 Å². The van der Waals surface area contributed by atoms with Crippen molar-refractivity contribution < 1.29 is 9.13 Å². The zero-order valence-corrected chi connectivity index (χ0v) is 16.3. The van der Waals surface area contributed by atoms with Crippen LogP contribution in [0.15, 0.2) is 18.3 Å². The molecule has 4 heterocycles. The van der Waals surface area contributed by atoms with Gasteiger partial charge >= 0.3 is 0 Å². The van der Waals surface area contributed by atoms with Crippen LogP contribution in [-0.2, 0) is 4.74 Å². The number of hydrogen-bond acceptors (Lipinski definition) is 6. The number of rotatable bonds is 3. The number of morpholine rings is 1. The van der Waals surface area contributed by atoms with Gasteiger partial charge in [0.05, 0.1) is 41.2 Å². The number of benzene rings is 1. The molecule has 2 saturated heterocycles. The van der Waals surface area contributed by atoms with Gasteiger partial charge in [-0.15, -0.1) is 0 Å².